The highest BCUT2D eigenvalue weighted by molar-refractivity contribution is 5.83. The van der Waals surface area contributed by atoms with Gasteiger partial charge in [0.1, 0.15) is 5.78 Å². The van der Waals surface area contributed by atoms with Crippen molar-refractivity contribution in [2.45, 2.75) is 58.8 Å². The van der Waals surface area contributed by atoms with Gasteiger partial charge in [0, 0.05) is 18.8 Å². The van der Waals surface area contributed by atoms with E-state index in [1.807, 2.05) is 6.92 Å². The maximum atomic E-state index is 12.5. The van der Waals surface area contributed by atoms with Gasteiger partial charge in [0.25, 0.3) is 0 Å². The molecule has 0 N–H and O–H groups in total. The number of fused-ring (bicyclic) bond motifs is 1. The molecule has 1 nitrogen and oxygen atoms in total. The Bertz CT molecular complexity index is 303. The molecule has 0 bridgehead atoms. The molecular weight excluding hydrogens is 222 g/mol. The molecule has 0 aromatic carbocycles. The van der Waals surface area contributed by atoms with Crippen molar-refractivity contribution in [1.82, 2.24) is 0 Å². The summed E-state index contributed by atoms with van der Waals surface area (Å²) in [5.74, 6) is 0.883. The summed E-state index contributed by atoms with van der Waals surface area (Å²) in [6.07, 6.45) is 2.35. The molecule has 17 heavy (non-hydrogen) atoms. The largest absolute Gasteiger partial charge is 0.299 e. The maximum Gasteiger partial charge on any atom is 0.238 e. The number of halogens is 2. The van der Waals surface area contributed by atoms with E-state index >= 15 is 0 Å². The van der Waals surface area contributed by atoms with Gasteiger partial charge in [-0.1, -0.05) is 13.8 Å². The van der Waals surface area contributed by atoms with E-state index in [2.05, 4.69) is 6.92 Å². The summed E-state index contributed by atoms with van der Waals surface area (Å²) in [5, 5.41) is 0. The number of carbonyl (C=O) groups excluding carboxylic acids is 1. The number of Topliss-reactive ketones (excluding diaryl/α,β-unsaturated/α-hetero) is 1. The summed E-state index contributed by atoms with van der Waals surface area (Å²) in [5.41, 5.74) is 0.00361. The van der Waals surface area contributed by atoms with E-state index in [0.717, 1.165) is 25.7 Å². The Morgan fingerprint density at radius 1 is 1.41 bits per heavy atom. The highest BCUT2D eigenvalue weighted by Crippen LogP contribution is 2.57. The second-order valence-corrected chi connectivity index (χ2v) is 6.17. The lowest BCUT2D eigenvalue weighted by Crippen LogP contribution is -2.39. The minimum absolute atomic E-state index is 0.00361. The van der Waals surface area contributed by atoms with Gasteiger partial charge < -0.3 is 0 Å². The Morgan fingerprint density at radius 3 is 2.76 bits per heavy atom. The molecule has 4 atom stereocenters. The van der Waals surface area contributed by atoms with Crippen molar-refractivity contribution in [2.75, 3.05) is 0 Å². The molecular formula is C14H22F2O. The van der Waals surface area contributed by atoms with Crippen LogP contribution in [-0.2, 0) is 4.79 Å². The Morgan fingerprint density at radius 2 is 2.12 bits per heavy atom. The topological polar surface area (TPSA) is 17.1 Å². The zero-order valence-corrected chi connectivity index (χ0v) is 10.7. The molecule has 0 aromatic rings. The molecule has 98 valence electrons. The number of ketones is 1. The van der Waals surface area contributed by atoms with Gasteiger partial charge in [-0.05, 0) is 42.9 Å². The molecule has 4 unspecified atom stereocenters. The van der Waals surface area contributed by atoms with E-state index in [-0.39, 0.29) is 23.7 Å². The fourth-order valence-electron chi connectivity index (χ4n) is 4.35. The zero-order chi connectivity index (χ0) is 12.6. The summed E-state index contributed by atoms with van der Waals surface area (Å²) in [6.45, 7) is 4.10. The summed E-state index contributed by atoms with van der Waals surface area (Å²) >= 11 is 0. The van der Waals surface area contributed by atoms with Gasteiger partial charge in [0.15, 0.2) is 0 Å². The molecule has 3 heteroatoms. The first kappa shape index (κ1) is 13.0. The van der Waals surface area contributed by atoms with Gasteiger partial charge in [-0.2, -0.15) is 0 Å². The van der Waals surface area contributed by atoms with Gasteiger partial charge in [-0.3, -0.25) is 4.79 Å². The molecule has 0 spiro atoms. The van der Waals surface area contributed by atoms with Crippen LogP contribution in [0.15, 0.2) is 0 Å². The predicted molar refractivity (Wildman–Crippen MR) is 63.0 cm³/mol. The number of carbonyl (C=O) groups is 1. The summed E-state index contributed by atoms with van der Waals surface area (Å²) < 4.78 is 25.0. The summed E-state index contributed by atoms with van der Waals surface area (Å²) in [4.78, 5) is 11.9. The summed E-state index contributed by atoms with van der Waals surface area (Å²) in [7, 11) is 0. The van der Waals surface area contributed by atoms with E-state index in [9.17, 15) is 13.6 Å². The van der Waals surface area contributed by atoms with Crippen molar-refractivity contribution in [3.05, 3.63) is 0 Å². The summed E-state index contributed by atoms with van der Waals surface area (Å²) in [6, 6.07) is 0. The molecule has 2 fully saturated rings. The fourth-order valence-corrected chi connectivity index (χ4v) is 4.35. The van der Waals surface area contributed by atoms with Crippen LogP contribution in [0, 0.1) is 23.2 Å². The van der Waals surface area contributed by atoms with Gasteiger partial charge in [-0.15, -0.1) is 0 Å². The quantitative estimate of drug-likeness (QED) is 0.731. The maximum absolute atomic E-state index is 12.5. The third-order valence-electron chi connectivity index (χ3n) is 5.17. The second-order valence-electron chi connectivity index (χ2n) is 6.17. The van der Waals surface area contributed by atoms with Crippen LogP contribution in [0.25, 0.3) is 0 Å². The lowest BCUT2D eigenvalue weighted by atomic mass is 9.62. The van der Waals surface area contributed by atoms with Crippen LogP contribution < -0.4 is 0 Å². The molecule has 0 aliphatic heterocycles. The predicted octanol–water partition coefficient (Wildman–Crippen LogP) is 4.06. The number of hydrogen-bond donors (Lipinski definition) is 0. The normalized spacial score (nSPS) is 39.5. The van der Waals surface area contributed by atoms with Crippen molar-refractivity contribution in [3.63, 3.8) is 0 Å². The average Bonchev–Trinajstić information content (AvgIpc) is 2.55. The Hall–Kier alpha value is -0.470. The van der Waals surface area contributed by atoms with Crippen molar-refractivity contribution < 1.29 is 13.6 Å². The van der Waals surface area contributed by atoms with E-state index < -0.39 is 6.43 Å². The minimum atomic E-state index is -2.22. The van der Waals surface area contributed by atoms with Crippen LogP contribution >= 0.6 is 0 Å². The third-order valence-corrected chi connectivity index (χ3v) is 5.17. The molecule has 2 saturated carbocycles. The first-order valence-electron chi connectivity index (χ1n) is 6.76. The molecule has 0 radical (unpaired) electrons. The fraction of sp³-hybridized carbons (Fsp3) is 0.929. The Labute approximate surface area is 102 Å². The highest BCUT2D eigenvalue weighted by Gasteiger charge is 2.52. The van der Waals surface area contributed by atoms with Gasteiger partial charge >= 0.3 is 0 Å². The van der Waals surface area contributed by atoms with Gasteiger partial charge in [-0.25, -0.2) is 8.78 Å². The Balaban J connectivity index is 2.12. The molecule has 0 saturated heterocycles. The van der Waals surface area contributed by atoms with Gasteiger partial charge in [0.2, 0.25) is 6.43 Å². The number of rotatable bonds is 3. The van der Waals surface area contributed by atoms with Crippen LogP contribution in [0.5, 0.6) is 0 Å². The van der Waals surface area contributed by atoms with Crippen LogP contribution in [0.3, 0.4) is 0 Å². The Kier molecular flexibility index (Phi) is 3.55. The first-order valence-corrected chi connectivity index (χ1v) is 6.76. The van der Waals surface area contributed by atoms with E-state index in [0.29, 0.717) is 18.1 Å². The van der Waals surface area contributed by atoms with Crippen LogP contribution in [0.4, 0.5) is 8.78 Å². The highest BCUT2D eigenvalue weighted by atomic mass is 19.3. The molecule has 2 aliphatic rings. The van der Waals surface area contributed by atoms with Crippen molar-refractivity contribution in [1.29, 1.82) is 0 Å². The SMILES string of the molecule is CC(CC(F)F)C1CCC2C(=O)CCCC21C. The standard InChI is InChI=1S/C14H22F2O/c1-9(8-13(15)16)10-5-6-11-12(17)4-3-7-14(10,11)2/h9-11,13H,3-8H2,1-2H3. The van der Waals surface area contributed by atoms with Crippen molar-refractivity contribution in [3.8, 4) is 0 Å². The van der Waals surface area contributed by atoms with Crippen molar-refractivity contribution in [2.24, 2.45) is 23.2 Å². The van der Waals surface area contributed by atoms with Gasteiger partial charge in [0.05, 0.1) is 0 Å². The minimum Gasteiger partial charge on any atom is -0.299 e. The molecule has 0 heterocycles. The van der Waals surface area contributed by atoms with E-state index in [4.69, 9.17) is 0 Å². The molecule has 0 aromatic heterocycles. The lowest BCUT2D eigenvalue weighted by molar-refractivity contribution is -0.130. The molecule has 2 rings (SSSR count). The van der Waals surface area contributed by atoms with E-state index in [1.54, 1.807) is 0 Å². The lowest BCUT2D eigenvalue weighted by Gasteiger charge is -2.42. The van der Waals surface area contributed by atoms with E-state index in [1.165, 1.54) is 0 Å². The van der Waals surface area contributed by atoms with Crippen LogP contribution in [-0.4, -0.2) is 12.2 Å². The van der Waals surface area contributed by atoms with Crippen LogP contribution in [0.2, 0.25) is 0 Å². The molecule has 2 aliphatic carbocycles. The molecule has 0 amide bonds. The average molecular weight is 244 g/mol. The van der Waals surface area contributed by atoms with Crippen LogP contribution in [0.1, 0.15) is 52.4 Å². The third kappa shape index (κ3) is 2.25. The first-order chi connectivity index (χ1) is 7.95. The smallest absolute Gasteiger partial charge is 0.238 e. The second kappa shape index (κ2) is 4.66. The number of alkyl halides is 2. The van der Waals surface area contributed by atoms with Crippen molar-refractivity contribution >= 4 is 5.78 Å². The monoisotopic (exact) mass is 244 g/mol. The number of hydrogen-bond acceptors (Lipinski definition) is 1. The zero-order valence-electron chi connectivity index (χ0n) is 10.7.